The van der Waals surface area contributed by atoms with Gasteiger partial charge in [0.05, 0.1) is 5.69 Å². The Bertz CT molecular complexity index is 531. The second-order valence-electron chi connectivity index (χ2n) is 3.44. The average Bonchev–Trinajstić information content (AvgIpc) is 2.33. The molecule has 2 aromatic carbocycles. The maximum absolute atomic E-state index is 12.2. The lowest BCUT2D eigenvalue weighted by Gasteiger charge is -2.10. The molecule has 2 aromatic rings. The van der Waals surface area contributed by atoms with Crippen LogP contribution in [0.3, 0.4) is 0 Å². The molecule has 0 amide bonds. The van der Waals surface area contributed by atoms with Crippen LogP contribution in [0.5, 0.6) is 5.75 Å². The third kappa shape index (κ3) is 2.66. The normalized spacial score (nSPS) is 12.4. The number of hydrogen-bond acceptors (Lipinski definition) is 3. The number of nitrogens with two attached hydrogens (primary N) is 1. The van der Waals surface area contributed by atoms with E-state index in [0.717, 1.165) is 0 Å². The SMILES string of the molecule is Nc1cc([S+]([O-])c2ccc(Cl)cc2)ccc1O. The summed E-state index contributed by atoms with van der Waals surface area (Å²) in [5.74, 6) is -0.0122. The molecule has 1 unspecified atom stereocenters. The molecule has 0 aliphatic carbocycles. The summed E-state index contributed by atoms with van der Waals surface area (Å²) < 4.78 is 12.2. The van der Waals surface area contributed by atoms with Crippen molar-refractivity contribution in [2.75, 3.05) is 5.73 Å². The molecule has 0 spiro atoms. The molecule has 0 bridgehead atoms. The van der Waals surface area contributed by atoms with E-state index in [2.05, 4.69) is 0 Å². The monoisotopic (exact) mass is 267 g/mol. The van der Waals surface area contributed by atoms with Gasteiger partial charge in [0.25, 0.3) is 0 Å². The lowest BCUT2D eigenvalue weighted by atomic mass is 10.3. The Hall–Kier alpha value is -1.36. The van der Waals surface area contributed by atoms with Gasteiger partial charge in [0.15, 0.2) is 9.79 Å². The van der Waals surface area contributed by atoms with Crippen LogP contribution in [-0.2, 0) is 11.2 Å². The van der Waals surface area contributed by atoms with E-state index in [1.165, 1.54) is 12.1 Å². The van der Waals surface area contributed by atoms with Crippen LogP contribution < -0.4 is 5.73 Å². The van der Waals surface area contributed by atoms with Crippen molar-refractivity contribution in [1.82, 2.24) is 0 Å². The molecule has 0 saturated carbocycles. The van der Waals surface area contributed by atoms with Crippen molar-refractivity contribution in [2.45, 2.75) is 9.79 Å². The Morgan fingerprint density at radius 3 is 2.24 bits per heavy atom. The van der Waals surface area contributed by atoms with E-state index in [1.54, 1.807) is 30.3 Å². The van der Waals surface area contributed by atoms with Gasteiger partial charge >= 0.3 is 0 Å². The van der Waals surface area contributed by atoms with E-state index in [-0.39, 0.29) is 11.4 Å². The van der Waals surface area contributed by atoms with Crippen LogP contribution in [0, 0.1) is 0 Å². The second kappa shape index (κ2) is 4.87. The van der Waals surface area contributed by atoms with Crippen molar-refractivity contribution in [3.63, 3.8) is 0 Å². The highest BCUT2D eigenvalue weighted by Gasteiger charge is 2.15. The van der Waals surface area contributed by atoms with Gasteiger partial charge in [-0.3, -0.25) is 0 Å². The Morgan fingerprint density at radius 1 is 1.06 bits per heavy atom. The predicted molar refractivity (Wildman–Crippen MR) is 68.6 cm³/mol. The first kappa shape index (κ1) is 12.1. The highest BCUT2D eigenvalue weighted by Crippen LogP contribution is 2.27. The number of halogens is 1. The Balaban J connectivity index is 2.33. The molecule has 0 saturated heterocycles. The minimum Gasteiger partial charge on any atom is -0.606 e. The number of aromatic hydroxyl groups is 1. The van der Waals surface area contributed by atoms with Crippen LogP contribution in [0.25, 0.3) is 0 Å². The Labute approximate surface area is 107 Å². The summed E-state index contributed by atoms with van der Waals surface area (Å²) in [5.41, 5.74) is 5.77. The number of benzene rings is 2. The van der Waals surface area contributed by atoms with Crippen LogP contribution in [-0.4, -0.2) is 9.66 Å². The van der Waals surface area contributed by atoms with Crippen molar-refractivity contribution in [1.29, 1.82) is 0 Å². The third-order valence-electron chi connectivity index (χ3n) is 2.24. The lowest BCUT2D eigenvalue weighted by Crippen LogP contribution is -2.02. The van der Waals surface area contributed by atoms with E-state index in [4.69, 9.17) is 17.3 Å². The van der Waals surface area contributed by atoms with E-state index >= 15 is 0 Å². The zero-order valence-electron chi connectivity index (χ0n) is 8.76. The average molecular weight is 268 g/mol. The molecule has 0 aliphatic heterocycles. The molecule has 3 N–H and O–H groups in total. The van der Waals surface area contributed by atoms with Crippen LogP contribution in [0.2, 0.25) is 5.02 Å². The molecule has 0 aliphatic rings. The third-order valence-corrected chi connectivity index (χ3v) is 3.88. The molecule has 2 rings (SSSR count). The van der Waals surface area contributed by atoms with Gasteiger partial charge in [-0.1, -0.05) is 11.6 Å². The summed E-state index contributed by atoms with van der Waals surface area (Å²) in [6, 6.07) is 11.3. The van der Waals surface area contributed by atoms with E-state index in [0.29, 0.717) is 14.8 Å². The molecular formula is C12H10ClNO2S. The largest absolute Gasteiger partial charge is 0.606 e. The lowest BCUT2D eigenvalue weighted by molar-refractivity contribution is 0.477. The zero-order valence-corrected chi connectivity index (χ0v) is 10.3. The minimum atomic E-state index is -1.32. The molecule has 5 heteroatoms. The van der Waals surface area contributed by atoms with Gasteiger partial charge in [0.1, 0.15) is 5.75 Å². The van der Waals surface area contributed by atoms with Gasteiger partial charge in [-0.05, 0) is 36.4 Å². The van der Waals surface area contributed by atoms with E-state index in [1.807, 2.05) is 0 Å². The molecule has 17 heavy (non-hydrogen) atoms. The summed E-state index contributed by atoms with van der Waals surface area (Å²) in [5, 5.41) is 9.88. The second-order valence-corrected chi connectivity index (χ2v) is 5.36. The van der Waals surface area contributed by atoms with Crippen molar-refractivity contribution >= 4 is 28.5 Å². The molecule has 3 nitrogen and oxygen atoms in total. The van der Waals surface area contributed by atoms with Gasteiger partial charge in [-0.25, -0.2) is 0 Å². The number of anilines is 1. The Kier molecular flexibility index (Phi) is 3.47. The van der Waals surface area contributed by atoms with Crippen molar-refractivity contribution in [3.8, 4) is 5.75 Å². The molecule has 0 aromatic heterocycles. The molecular weight excluding hydrogens is 258 g/mol. The van der Waals surface area contributed by atoms with Crippen LogP contribution in [0.4, 0.5) is 5.69 Å². The van der Waals surface area contributed by atoms with Crippen LogP contribution >= 0.6 is 11.6 Å². The fourth-order valence-electron chi connectivity index (χ4n) is 1.34. The standard InChI is InChI=1S/C12H10ClNO2S/c13-8-1-3-9(4-2-8)17(16)10-5-6-12(15)11(14)7-10/h1-7,15H,14H2. The van der Waals surface area contributed by atoms with Crippen molar-refractivity contribution < 1.29 is 9.66 Å². The van der Waals surface area contributed by atoms with Gasteiger partial charge in [-0.2, -0.15) is 0 Å². The summed E-state index contributed by atoms with van der Waals surface area (Å²) in [6.45, 7) is 0. The Morgan fingerprint density at radius 2 is 1.65 bits per heavy atom. The fourth-order valence-corrected chi connectivity index (χ4v) is 2.55. The summed E-state index contributed by atoms with van der Waals surface area (Å²) in [4.78, 5) is 1.18. The molecule has 0 fully saturated rings. The molecule has 0 heterocycles. The number of phenols is 1. The highest BCUT2D eigenvalue weighted by atomic mass is 35.5. The summed E-state index contributed by atoms with van der Waals surface area (Å²) in [7, 11) is 0. The fraction of sp³-hybridized carbons (Fsp3) is 0. The minimum absolute atomic E-state index is 0.0122. The van der Waals surface area contributed by atoms with E-state index < -0.39 is 11.2 Å². The summed E-state index contributed by atoms with van der Waals surface area (Å²) >= 11 is 4.43. The number of nitrogen functional groups attached to an aromatic ring is 1. The van der Waals surface area contributed by atoms with Crippen LogP contribution in [0.15, 0.2) is 52.3 Å². The zero-order chi connectivity index (χ0) is 12.4. The maximum atomic E-state index is 12.2. The predicted octanol–water partition coefficient (Wildman–Crippen LogP) is 2.79. The van der Waals surface area contributed by atoms with Gasteiger partial charge in [0, 0.05) is 22.3 Å². The summed E-state index contributed by atoms with van der Waals surface area (Å²) in [6.07, 6.45) is 0. The van der Waals surface area contributed by atoms with Gasteiger partial charge in [-0.15, -0.1) is 0 Å². The van der Waals surface area contributed by atoms with Gasteiger partial charge in [0.2, 0.25) is 0 Å². The highest BCUT2D eigenvalue weighted by molar-refractivity contribution is 7.91. The molecule has 0 radical (unpaired) electrons. The number of rotatable bonds is 2. The first-order valence-electron chi connectivity index (χ1n) is 4.84. The first-order chi connectivity index (χ1) is 8.08. The number of phenolic OH excluding ortho intramolecular Hbond substituents is 1. The molecule has 1 atom stereocenters. The quantitative estimate of drug-likeness (QED) is 0.499. The maximum Gasteiger partial charge on any atom is 0.160 e. The van der Waals surface area contributed by atoms with Crippen molar-refractivity contribution in [3.05, 3.63) is 47.5 Å². The first-order valence-corrected chi connectivity index (χ1v) is 6.36. The smallest absolute Gasteiger partial charge is 0.160 e. The van der Waals surface area contributed by atoms with Crippen molar-refractivity contribution in [2.24, 2.45) is 0 Å². The van der Waals surface area contributed by atoms with E-state index in [9.17, 15) is 9.66 Å². The number of hydrogen-bond donors (Lipinski definition) is 2. The molecule has 88 valence electrons. The topological polar surface area (TPSA) is 69.3 Å². The van der Waals surface area contributed by atoms with Crippen LogP contribution in [0.1, 0.15) is 0 Å². The van der Waals surface area contributed by atoms with Gasteiger partial charge < -0.3 is 15.4 Å².